The minimum atomic E-state index is -0.397. The van der Waals surface area contributed by atoms with Gasteiger partial charge in [-0.2, -0.15) is 15.0 Å². The molecule has 1 heterocycles. The highest BCUT2D eigenvalue weighted by Crippen LogP contribution is 2.65. The first-order valence-corrected chi connectivity index (χ1v) is 11.9. The highest BCUT2D eigenvalue weighted by atomic mass is 16.3. The Kier molecular flexibility index (Phi) is 4.65. The highest BCUT2D eigenvalue weighted by Gasteiger charge is 2.58. The lowest BCUT2D eigenvalue weighted by atomic mass is 9.48. The summed E-state index contributed by atoms with van der Waals surface area (Å²) in [6, 6.07) is 0. The van der Waals surface area contributed by atoms with Crippen molar-refractivity contribution in [3.8, 4) is 0 Å². The Morgan fingerprint density at radius 3 is 2.50 bits per heavy atom. The molecule has 0 bridgehead atoms. The Bertz CT molecular complexity index is 686. The summed E-state index contributed by atoms with van der Waals surface area (Å²) in [4.78, 5) is 1.89. The fourth-order valence-electron chi connectivity index (χ4n) is 8.78. The molecule has 4 saturated carbocycles. The van der Waals surface area contributed by atoms with Crippen LogP contribution in [0.4, 0.5) is 0 Å². The molecular weight excluding hydrogens is 346 g/mol. The van der Waals surface area contributed by atoms with Gasteiger partial charge in [-0.3, -0.25) is 0 Å². The van der Waals surface area contributed by atoms with Gasteiger partial charge in [-0.25, -0.2) is 0 Å². The van der Waals surface area contributed by atoms with Gasteiger partial charge in [-0.05, 0) is 112 Å². The maximum absolute atomic E-state index is 10.6. The van der Waals surface area contributed by atoms with Crippen LogP contribution in [0, 0.1) is 46.8 Å². The second-order valence-corrected chi connectivity index (χ2v) is 11.5. The van der Waals surface area contributed by atoms with Gasteiger partial charge in [0.2, 0.25) is 0 Å². The fraction of sp³-hybridized carbons (Fsp3) is 0.917. The second-order valence-electron chi connectivity index (χ2n) is 11.5. The molecule has 4 aliphatic carbocycles. The standard InChI is InChI=1S/C24H39N3O/c1-16(15-27-25-12-13-26-27)21-6-7-22-20-5-4-17-14-23(2,28)10-8-18(17)19(20)9-11-24(21,22)3/h12-13,16-22,28H,4-11,14-15H2,1-3H3/t16-,17-,18-,19+,20+,21?,22-,23+,24+/m0/s1. The molecule has 4 nitrogen and oxygen atoms in total. The van der Waals surface area contributed by atoms with Gasteiger partial charge in [-0.15, -0.1) is 0 Å². The van der Waals surface area contributed by atoms with E-state index in [0.717, 1.165) is 54.9 Å². The van der Waals surface area contributed by atoms with Crippen LogP contribution in [0.2, 0.25) is 0 Å². The van der Waals surface area contributed by atoms with Gasteiger partial charge >= 0.3 is 0 Å². The van der Waals surface area contributed by atoms with Crippen LogP contribution in [0.1, 0.15) is 78.6 Å². The normalized spacial score (nSPS) is 49.1. The molecule has 0 aliphatic heterocycles. The van der Waals surface area contributed by atoms with Gasteiger partial charge < -0.3 is 5.11 Å². The number of hydrogen-bond donors (Lipinski definition) is 1. The van der Waals surface area contributed by atoms with Crippen LogP contribution in [-0.2, 0) is 6.54 Å². The van der Waals surface area contributed by atoms with Crippen molar-refractivity contribution in [1.29, 1.82) is 0 Å². The van der Waals surface area contributed by atoms with Crippen molar-refractivity contribution in [2.45, 2.75) is 90.7 Å². The summed E-state index contributed by atoms with van der Waals surface area (Å²) in [7, 11) is 0. The van der Waals surface area contributed by atoms with Crippen LogP contribution in [-0.4, -0.2) is 25.7 Å². The number of aromatic nitrogens is 3. The third-order valence-electron chi connectivity index (χ3n) is 9.92. The van der Waals surface area contributed by atoms with Crippen molar-refractivity contribution in [2.24, 2.45) is 46.8 Å². The van der Waals surface area contributed by atoms with Crippen molar-refractivity contribution in [2.75, 3.05) is 0 Å². The van der Waals surface area contributed by atoms with E-state index in [1.807, 2.05) is 4.80 Å². The molecule has 1 aromatic heterocycles. The van der Waals surface area contributed by atoms with E-state index in [9.17, 15) is 5.11 Å². The van der Waals surface area contributed by atoms with Gasteiger partial charge in [0.1, 0.15) is 0 Å². The summed E-state index contributed by atoms with van der Waals surface area (Å²) < 4.78 is 0. The van der Waals surface area contributed by atoms with Crippen LogP contribution in [0.25, 0.3) is 0 Å². The van der Waals surface area contributed by atoms with E-state index in [4.69, 9.17) is 0 Å². The lowest BCUT2D eigenvalue weighted by Crippen LogP contribution is -2.51. The van der Waals surface area contributed by atoms with Crippen molar-refractivity contribution in [3.05, 3.63) is 12.4 Å². The number of nitrogens with zero attached hydrogens (tertiary/aromatic N) is 3. The Labute approximate surface area is 170 Å². The molecule has 4 aliphatic rings. The zero-order chi connectivity index (χ0) is 19.5. The number of rotatable bonds is 3. The maximum Gasteiger partial charge on any atom is 0.0693 e. The lowest BCUT2D eigenvalue weighted by Gasteiger charge is -2.57. The third kappa shape index (κ3) is 3.05. The molecule has 1 N–H and O–H groups in total. The highest BCUT2D eigenvalue weighted by molar-refractivity contribution is 5.07. The van der Waals surface area contributed by atoms with Crippen molar-refractivity contribution in [3.63, 3.8) is 0 Å². The molecule has 4 heteroatoms. The molecular formula is C24H39N3O. The Morgan fingerprint density at radius 1 is 0.964 bits per heavy atom. The molecule has 0 spiro atoms. The second kappa shape index (κ2) is 6.82. The summed E-state index contributed by atoms with van der Waals surface area (Å²) in [5, 5.41) is 19.3. The molecule has 1 unspecified atom stereocenters. The minimum absolute atomic E-state index is 0.397. The summed E-state index contributed by atoms with van der Waals surface area (Å²) in [6.45, 7) is 8.11. The van der Waals surface area contributed by atoms with Crippen molar-refractivity contribution in [1.82, 2.24) is 15.0 Å². The van der Waals surface area contributed by atoms with Gasteiger partial charge in [0.15, 0.2) is 0 Å². The molecule has 28 heavy (non-hydrogen) atoms. The first-order valence-electron chi connectivity index (χ1n) is 11.9. The van der Waals surface area contributed by atoms with E-state index in [1.54, 1.807) is 12.4 Å². The largest absolute Gasteiger partial charge is 0.390 e. The Balaban J connectivity index is 1.31. The lowest BCUT2D eigenvalue weighted by molar-refractivity contribution is -0.103. The minimum Gasteiger partial charge on any atom is -0.390 e. The molecule has 4 fully saturated rings. The SMILES string of the molecule is C[C@@H](Cn1nccn1)C1CC[C@H]2[C@@H]3CC[C@H]4C[C@](C)(O)CC[C@@H]4[C@H]3CC[C@]12C. The maximum atomic E-state index is 10.6. The average molecular weight is 386 g/mol. The van der Waals surface area contributed by atoms with Crippen LogP contribution < -0.4 is 0 Å². The molecule has 156 valence electrons. The number of fused-ring (bicyclic) bond motifs is 5. The predicted octanol–water partition coefficient (Wildman–Crippen LogP) is 4.93. The average Bonchev–Trinajstić information content (AvgIpc) is 3.27. The van der Waals surface area contributed by atoms with E-state index in [-0.39, 0.29) is 0 Å². The quantitative estimate of drug-likeness (QED) is 0.802. The first kappa shape index (κ1) is 19.1. The van der Waals surface area contributed by atoms with E-state index in [2.05, 4.69) is 31.0 Å². The van der Waals surface area contributed by atoms with Gasteiger partial charge in [0.05, 0.1) is 24.5 Å². The van der Waals surface area contributed by atoms with Gasteiger partial charge in [-0.1, -0.05) is 13.8 Å². The first-order chi connectivity index (χ1) is 13.4. The summed E-state index contributed by atoms with van der Waals surface area (Å²) in [5.41, 5.74) is 0.117. The van der Waals surface area contributed by atoms with E-state index in [1.165, 1.54) is 44.9 Å². The molecule has 0 aromatic carbocycles. The predicted molar refractivity (Wildman–Crippen MR) is 110 cm³/mol. The van der Waals surface area contributed by atoms with E-state index >= 15 is 0 Å². The molecule has 9 atom stereocenters. The number of aliphatic hydroxyl groups is 1. The van der Waals surface area contributed by atoms with Crippen molar-refractivity contribution < 1.29 is 5.11 Å². The van der Waals surface area contributed by atoms with E-state index < -0.39 is 5.60 Å². The zero-order valence-electron chi connectivity index (χ0n) is 18.1. The Hall–Kier alpha value is -0.900. The van der Waals surface area contributed by atoms with Crippen molar-refractivity contribution >= 4 is 0 Å². The topological polar surface area (TPSA) is 50.9 Å². The fourth-order valence-corrected chi connectivity index (χ4v) is 8.78. The van der Waals surface area contributed by atoms with Crippen LogP contribution in [0.5, 0.6) is 0 Å². The number of hydrogen-bond acceptors (Lipinski definition) is 3. The van der Waals surface area contributed by atoms with E-state index in [0.29, 0.717) is 11.3 Å². The molecule has 0 radical (unpaired) electrons. The zero-order valence-corrected chi connectivity index (χ0v) is 18.1. The summed E-state index contributed by atoms with van der Waals surface area (Å²) in [5.74, 6) is 5.96. The molecule has 5 rings (SSSR count). The molecule has 0 amide bonds. The third-order valence-corrected chi connectivity index (χ3v) is 9.92. The van der Waals surface area contributed by atoms with Crippen LogP contribution >= 0.6 is 0 Å². The molecule has 1 aromatic rings. The van der Waals surface area contributed by atoms with Crippen LogP contribution in [0.15, 0.2) is 12.4 Å². The summed E-state index contributed by atoms with van der Waals surface area (Å²) in [6.07, 6.45) is 15.4. The molecule has 0 saturated heterocycles. The smallest absolute Gasteiger partial charge is 0.0693 e. The van der Waals surface area contributed by atoms with Crippen LogP contribution in [0.3, 0.4) is 0 Å². The van der Waals surface area contributed by atoms with Gasteiger partial charge in [0, 0.05) is 0 Å². The Morgan fingerprint density at radius 2 is 1.71 bits per heavy atom. The van der Waals surface area contributed by atoms with Gasteiger partial charge in [0.25, 0.3) is 0 Å². The summed E-state index contributed by atoms with van der Waals surface area (Å²) >= 11 is 0. The monoisotopic (exact) mass is 385 g/mol.